The second-order valence-corrected chi connectivity index (χ2v) is 4.83. The van der Waals surface area contributed by atoms with Crippen LogP contribution in [0.5, 0.6) is 0 Å². The maximum absolute atomic E-state index is 12.1. The first-order valence-electron chi connectivity index (χ1n) is 5.73. The van der Waals surface area contributed by atoms with E-state index in [0.29, 0.717) is 18.8 Å². The van der Waals surface area contributed by atoms with E-state index in [-0.39, 0.29) is 25.0 Å². The molecule has 0 bridgehead atoms. The van der Waals surface area contributed by atoms with Crippen LogP contribution in [0.4, 0.5) is 0 Å². The van der Waals surface area contributed by atoms with Crippen LogP contribution in [0, 0.1) is 11.3 Å². The number of H-pyrrole nitrogens is 1. The first-order chi connectivity index (χ1) is 8.63. The van der Waals surface area contributed by atoms with Crippen molar-refractivity contribution in [3.8, 4) is 0 Å². The van der Waals surface area contributed by atoms with Crippen LogP contribution in [0.15, 0.2) is 12.3 Å². The zero-order valence-electron chi connectivity index (χ0n) is 9.63. The Balaban J connectivity index is 1.83. The molecule has 96 valence electrons. The smallest absolute Gasteiger partial charge is 0.314 e. The van der Waals surface area contributed by atoms with E-state index in [1.165, 1.54) is 6.20 Å². The van der Waals surface area contributed by atoms with Crippen molar-refractivity contribution in [2.24, 2.45) is 11.3 Å². The molecule has 2 atom stereocenters. The molecule has 0 spiro atoms. The number of likely N-dealkylation sites (tertiary alicyclic amines) is 1. The fourth-order valence-corrected chi connectivity index (χ4v) is 2.74. The summed E-state index contributed by atoms with van der Waals surface area (Å²) in [4.78, 5) is 25.1. The minimum atomic E-state index is -0.935. The predicted molar refractivity (Wildman–Crippen MR) is 58.9 cm³/mol. The van der Waals surface area contributed by atoms with Gasteiger partial charge in [-0.1, -0.05) is 0 Å². The average Bonchev–Trinajstić information content (AvgIpc) is 3.03. The minimum absolute atomic E-state index is 0.123. The number of carboxylic acid groups (broad SMARTS) is 1. The van der Waals surface area contributed by atoms with Gasteiger partial charge in [0.1, 0.15) is 11.1 Å². The predicted octanol–water partition coefficient (Wildman–Crippen LogP) is -0.417. The van der Waals surface area contributed by atoms with Crippen molar-refractivity contribution in [1.29, 1.82) is 0 Å². The first kappa shape index (κ1) is 11.2. The highest BCUT2D eigenvalue weighted by atomic mass is 16.5. The number of nitrogens with one attached hydrogen (secondary N) is 1. The van der Waals surface area contributed by atoms with Crippen LogP contribution in [0.3, 0.4) is 0 Å². The van der Waals surface area contributed by atoms with E-state index in [9.17, 15) is 14.7 Å². The number of hydrogen-bond acceptors (Lipinski definition) is 4. The van der Waals surface area contributed by atoms with Crippen LogP contribution in [0.25, 0.3) is 0 Å². The number of amides is 1. The highest BCUT2D eigenvalue weighted by molar-refractivity contribution is 5.93. The summed E-state index contributed by atoms with van der Waals surface area (Å²) in [5.41, 5.74) is -0.549. The maximum Gasteiger partial charge on any atom is 0.314 e. The van der Waals surface area contributed by atoms with Crippen LogP contribution in [0.1, 0.15) is 10.5 Å². The van der Waals surface area contributed by atoms with E-state index in [0.717, 1.165) is 0 Å². The van der Waals surface area contributed by atoms with Crippen molar-refractivity contribution >= 4 is 11.9 Å². The second kappa shape index (κ2) is 3.81. The van der Waals surface area contributed by atoms with Crippen LogP contribution in [-0.4, -0.2) is 58.4 Å². The summed E-state index contributed by atoms with van der Waals surface area (Å²) in [6, 6.07) is 1.58. The molecule has 0 radical (unpaired) electrons. The van der Waals surface area contributed by atoms with Gasteiger partial charge in [-0.3, -0.25) is 14.7 Å². The number of nitrogens with zero attached hydrogens (tertiary/aromatic N) is 2. The standard InChI is InChI=1S/C11H13N3O4/c15-9(8-1-2-12-13-8)14-3-7-4-18-6-11(7,5-14)10(16)17/h1-2,7H,3-6H2,(H,12,13)(H,16,17)/t7-,11-/m1/s1. The molecule has 2 aliphatic rings. The molecule has 18 heavy (non-hydrogen) atoms. The number of rotatable bonds is 2. The normalized spacial score (nSPS) is 30.4. The summed E-state index contributed by atoms with van der Waals surface area (Å²) in [5, 5.41) is 15.7. The summed E-state index contributed by atoms with van der Waals surface area (Å²) in [5.74, 6) is -1.21. The zero-order chi connectivity index (χ0) is 12.8. The van der Waals surface area contributed by atoms with Crippen LogP contribution in [-0.2, 0) is 9.53 Å². The van der Waals surface area contributed by atoms with Crippen LogP contribution >= 0.6 is 0 Å². The SMILES string of the molecule is O=C(c1ccn[nH]1)N1C[C@@H]2COC[C@]2(C(=O)O)C1. The van der Waals surface area contributed by atoms with Gasteiger partial charge in [-0.2, -0.15) is 5.10 Å². The van der Waals surface area contributed by atoms with E-state index in [2.05, 4.69) is 10.2 Å². The number of aromatic amines is 1. The topological polar surface area (TPSA) is 95.5 Å². The summed E-state index contributed by atoms with van der Waals surface area (Å²) in [6.07, 6.45) is 1.50. The zero-order valence-corrected chi connectivity index (χ0v) is 9.63. The van der Waals surface area contributed by atoms with Crippen LogP contribution < -0.4 is 0 Å². The van der Waals surface area contributed by atoms with Crippen molar-refractivity contribution in [3.63, 3.8) is 0 Å². The lowest BCUT2D eigenvalue weighted by Gasteiger charge is -2.21. The van der Waals surface area contributed by atoms with Gasteiger partial charge in [0.25, 0.3) is 5.91 Å². The van der Waals surface area contributed by atoms with E-state index < -0.39 is 11.4 Å². The molecule has 0 unspecified atom stereocenters. The molecule has 7 nitrogen and oxygen atoms in total. The van der Waals surface area contributed by atoms with Gasteiger partial charge in [0, 0.05) is 25.2 Å². The fourth-order valence-electron chi connectivity index (χ4n) is 2.74. The number of aliphatic carboxylic acids is 1. The number of aromatic nitrogens is 2. The third kappa shape index (κ3) is 1.43. The van der Waals surface area contributed by atoms with Crippen molar-refractivity contribution < 1.29 is 19.4 Å². The van der Waals surface area contributed by atoms with Gasteiger partial charge in [-0.25, -0.2) is 0 Å². The van der Waals surface area contributed by atoms with Gasteiger partial charge in [0.15, 0.2) is 0 Å². The molecule has 2 fully saturated rings. The molecule has 0 aromatic carbocycles. The number of ether oxygens (including phenoxy) is 1. The molecule has 3 heterocycles. The highest BCUT2D eigenvalue weighted by Crippen LogP contribution is 2.41. The van der Waals surface area contributed by atoms with Gasteiger partial charge < -0.3 is 14.7 Å². The number of fused-ring (bicyclic) bond motifs is 1. The molecular formula is C11H13N3O4. The molecule has 1 aromatic rings. The molecule has 0 saturated carbocycles. The van der Waals surface area contributed by atoms with Gasteiger partial charge in [0.2, 0.25) is 0 Å². The monoisotopic (exact) mass is 251 g/mol. The van der Waals surface area contributed by atoms with Crippen molar-refractivity contribution in [2.75, 3.05) is 26.3 Å². The highest BCUT2D eigenvalue weighted by Gasteiger charge is 2.57. The Morgan fingerprint density at radius 3 is 3.06 bits per heavy atom. The lowest BCUT2D eigenvalue weighted by molar-refractivity contribution is -0.149. The van der Waals surface area contributed by atoms with E-state index in [1.54, 1.807) is 11.0 Å². The fraction of sp³-hybridized carbons (Fsp3) is 0.545. The Hall–Kier alpha value is -1.89. The van der Waals surface area contributed by atoms with Gasteiger partial charge in [-0.15, -0.1) is 0 Å². The molecule has 0 aliphatic carbocycles. The molecular weight excluding hydrogens is 238 g/mol. The third-order valence-corrected chi connectivity index (χ3v) is 3.82. The Bertz CT molecular complexity index is 486. The molecule has 1 amide bonds. The van der Waals surface area contributed by atoms with Gasteiger partial charge >= 0.3 is 5.97 Å². The lowest BCUT2D eigenvalue weighted by atomic mass is 9.81. The Morgan fingerprint density at radius 2 is 2.44 bits per heavy atom. The van der Waals surface area contributed by atoms with Gasteiger partial charge in [0.05, 0.1) is 13.2 Å². The largest absolute Gasteiger partial charge is 0.481 e. The van der Waals surface area contributed by atoms with Gasteiger partial charge in [-0.05, 0) is 6.07 Å². The quantitative estimate of drug-likeness (QED) is 0.744. The molecule has 7 heteroatoms. The van der Waals surface area contributed by atoms with E-state index >= 15 is 0 Å². The summed E-state index contributed by atoms with van der Waals surface area (Å²) in [6.45, 7) is 1.20. The van der Waals surface area contributed by atoms with Crippen LogP contribution in [0.2, 0.25) is 0 Å². The van der Waals surface area contributed by atoms with E-state index in [1.807, 2.05) is 0 Å². The van der Waals surface area contributed by atoms with Crippen molar-refractivity contribution in [3.05, 3.63) is 18.0 Å². The number of carbonyl (C=O) groups is 2. The molecule has 2 aliphatic heterocycles. The first-order valence-corrected chi connectivity index (χ1v) is 5.73. The maximum atomic E-state index is 12.1. The molecule has 2 N–H and O–H groups in total. The number of carbonyl (C=O) groups excluding carboxylic acids is 1. The molecule has 2 saturated heterocycles. The molecule has 3 rings (SSSR count). The second-order valence-electron chi connectivity index (χ2n) is 4.83. The number of carboxylic acids is 1. The summed E-state index contributed by atoms with van der Waals surface area (Å²) < 4.78 is 5.26. The summed E-state index contributed by atoms with van der Waals surface area (Å²) >= 11 is 0. The van der Waals surface area contributed by atoms with Crippen molar-refractivity contribution in [1.82, 2.24) is 15.1 Å². The Labute approximate surface area is 103 Å². The average molecular weight is 251 g/mol. The molecule has 1 aromatic heterocycles. The summed E-state index contributed by atoms with van der Waals surface area (Å²) in [7, 11) is 0. The number of hydrogen-bond donors (Lipinski definition) is 2. The van der Waals surface area contributed by atoms with E-state index in [4.69, 9.17) is 4.74 Å². The Kier molecular flexibility index (Phi) is 2.37. The Morgan fingerprint density at radius 1 is 1.61 bits per heavy atom. The minimum Gasteiger partial charge on any atom is -0.481 e. The van der Waals surface area contributed by atoms with Crippen molar-refractivity contribution in [2.45, 2.75) is 0 Å². The third-order valence-electron chi connectivity index (χ3n) is 3.82. The lowest BCUT2D eigenvalue weighted by Crippen LogP contribution is -2.40.